The van der Waals surface area contributed by atoms with Gasteiger partial charge in [0.2, 0.25) is 5.91 Å². The molecule has 1 aromatic carbocycles. The molecule has 1 aliphatic rings. The first kappa shape index (κ1) is 22.1. The molecule has 1 aromatic rings. The number of rotatable bonds is 8. The largest absolute Gasteiger partial charge is 0.377 e. The summed E-state index contributed by atoms with van der Waals surface area (Å²) >= 11 is 0. The van der Waals surface area contributed by atoms with Crippen LogP contribution in [0.2, 0.25) is 0 Å². The molecule has 0 spiro atoms. The van der Waals surface area contributed by atoms with Gasteiger partial charge >= 0.3 is 6.03 Å². The summed E-state index contributed by atoms with van der Waals surface area (Å²) in [4.78, 5) is 29.1. The van der Waals surface area contributed by atoms with Gasteiger partial charge in [-0.1, -0.05) is 13.8 Å². The lowest BCUT2D eigenvalue weighted by atomic mass is 10.0. The molecule has 3 amide bonds. The number of urea groups is 1. The zero-order valence-corrected chi connectivity index (χ0v) is 18.4. The lowest BCUT2D eigenvalue weighted by molar-refractivity contribution is -0.136. The monoisotopic (exact) mass is 388 g/mol. The number of hydrogen-bond donors (Lipinski definition) is 2. The van der Waals surface area contributed by atoms with Gasteiger partial charge in [0.05, 0.1) is 0 Å². The van der Waals surface area contributed by atoms with E-state index in [1.54, 1.807) is 0 Å². The van der Waals surface area contributed by atoms with Crippen molar-refractivity contribution >= 4 is 23.3 Å². The van der Waals surface area contributed by atoms with Crippen molar-refractivity contribution < 1.29 is 9.59 Å². The van der Waals surface area contributed by atoms with Crippen LogP contribution < -0.4 is 15.5 Å². The fraction of sp³-hybridized carbons (Fsp3) is 0.636. The van der Waals surface area contributed by atoms with E-state index in [-0.39, 0.29) is 29.9 Å². The number of benzene rings is 1. The van der Waals surface area contributed by atoms with Crippen LogP contribution in [0.1, 0.15) is 53.0 Å². The van der Waals surface area contributed by atoms with Gasteiger partial charge in [0.1, 0.15) is 0 Å². The minimum atomic E-state index is -0.222. The zero-order chi connectivity index (χ0) is 21.0. The minimum Gasteiger partial charge on any atom is -0.377 e. The van der Waals surface area contributed by atoms with Gasteiger partial charge in [0.15, 0.2) is 0 Å². The standard InChI is InChI=1S/C22H36N4O2/c1-14(2)16(5)26(21(27)17-8-9-17)13-18-12-19(10-11-20(18)25(6)7)24-22(28)23-15(3)4/h10-12,14-17H,8-9,13H2,1-7H3,(H2,23,24,28). The van der Waals surface area contributed by atoms with Crippen LogP contribution in [-0.4, -0.2) is 43.0 Å². The van der Waals surface area contributed by atoms with Gasteiger partial charge < -0.3 is 20.4 Å². The highest BCUT2D eigenvalue weighted by molar-refractivity contribution is 5.90. The van der Waals surface area contributed by atoms with Gasteiger partial charge in [0.25, 0.3) is 0 Å². The molecule has 2 N–H and O–H groups in total. The van der Waals surface area contributed by atoms with E-state index in [1.807, 2.05) is 55.9 Å². The topological polar surface area (TPSA) is 64.7 Å². The van der Waals surface area contributed by atoms with E-state index in [1.165, 1.54) is 0 Å². The van der Waals surface area contributed by atoms with Crippen molar-refractivity contribution in [2.45, 2.75) is 66.1 Å². The SMILES string of the molecule is CC(C)NC(=O)Nc1ccc(N(C)C)c(CN(C(=O)C2CC2)C(C)C(C)C)c1. The number of nitrogens with one attached hydrogen (secondary N) is 2. The van der Waals surface area contributed by atoms with Crippen LogP contribution in [0.4, 0.5) is 16.2 Å². The van der Waals surface area contributed by atoms with Gasteiger partial charge in [0, 0.05) is 50.0 Å². The highest BCUT2D eigenvalue weighted by Crippen LogP contribution is 2.34. The minimum absolute atomic E-state index is 0.0686. The first-order valence-corrected chi connectivity index (χ1v) is 10.3. The van der Waals surface area contributed by atoms with Crippen molar-refractivity contribution in [1.29, 1.82) is 0 Å². The lowest BCUT2D eigenvalue weighted by Crippen LogP contribution is -2.42. The Morgan fingerprint density at radius 3 is 2.25 bits per heavy atom. The molecule has 1 atom stereocenters. The zero-order valence-electron chi connectivity index (χ0n) is 18.4. The van der Waals surface area contributed by atoms with Crippen LogP contribution in [0.15, 0.2) is 18.2 Å². The summed E-state index contributed by atoms with van der Waals surface area (Å²) < 4.78 is 0. The van der Waals surface area contributed by atoms with Crippen molar-refractivity contribution in [3.63, 3.8) is 0 Å². The molecule has 1 saturated carbocycles. The summed E-state index contributed by atoms with van der Waals surface area (Å²) in [5.74, 6) is 0.813. The highest BCUT2D eigenvalue weighted by Gasteiger charge is 2.36. The van der Waals surface area contributed by atoms with E-state index in [0.717, 1.165) is 29.8 Å². The van der Waals surface area contributed by atoms with E-state index >= 15 is 0 Å². The van der Waals surface area contributed by atoms with Crippen molar-refractivity contribution in [2.75, 3.05) is 24.3 Å². The van der Waals surface area contributed by atoms with Crippen molar-refractivity contribution in [3.05, 3.63) is 23.8 Å². The maximum absolute atomic E-state index is 13.0. The van der Waals surface area contributed by atoms with E-state index in [9.17, 15) is 9.59 Å². The van der Waals surface area contributed by atoms with E-state index in [2.05, 4.69) is 31.4 Å². The summed E-state index contributed by atoms with van der Waals surface area (Å²) in [6.45, 7) is 10.8. The Kier molecular flexibility index (Phi) is 7.33. The van der Waals surface area contributed by atoms with Gasteiger partial charge in [-0.2, -0.15) is 0 Å². The molecule has 0 saturated heterocycles. The van der Waals surface area contributed by atoms with E-state index in [4.69, 9.17) is 0 Å². The fourth-order valence-electron chi connectivity index (χ4n) is 3.19. The summed E-state index contributed by atoms with van der Waals surface area (Å²) in [5, 5.41) is 5.74. The fourth-order valence-corrected chi connectivity index (χ4v) is 3.19. The Bertz CT molecular complexity index is 696. The van der Waals surface area contributed by atoms with Crippen LogP contribution in [0, 0.1) is 11.8 Å². The van der Waals surface area contributed by atoms with Gasteiger partial charge in [-0.05, 0) is 63.3 Å². The molecule has 6 nitrogen and oxygen atoms in total. The van der Waals surface area contributed by atoms with E-state index in [0.29, 0.717) is 12.5 Å². The number of nitrogens with zero attached hydrogens (tertiary/aromatic N) is 2. The smallest absolute Gasteiger partial charge is 0.319 e. The molecular weight excluding hydrogens is 352 g/mol. The Hall–Kier alpha value is -2.24. The van der Waals surface area contributed by atoms with Crippen molar-refractivity contribution in [2.24, 2.45) is 11.8 Å². The number of carbonyl (C=O) groups excluding carboxylic acids is 2. The predicted octanol–water partition coefficient (Wildman–Crippen LogP) is 4.07. The predicted molar refractivity (Wildman–Crippen MR) is 116 cm³/mol. The number of hydrogen-bond acceptors (Lipinski definition) is 3. The normalized spacial score (nSPS) is 14.8. The lowest BCUT2D eigenvalue weighted by Gasteiger charge is -2.33. The number of amides is 3. The summed E-state index contributed by atoms with van der Waals surface area (Å²) in [5.41, 5.74) is 2.82. The molecule has 1 aliphatic carbocycles. The molecule has 0 bridgehead atoms. The molecule has 1 fully saturated rings. The molecular formula is C22H36N4O2. The average Bonchev–Trinajstić information content (AvgIpc) is 3.42. The maximum Gasteiger partial charge on any atom is 0.319 e. The Balaban J connectivity index is 2.29. The van der Waals surface area contributed by atoms with Gasteiger partial charge in [-0.3, -0.25) is 4.79 Å². The molecule has 156 valence electrons. The summed E-state index contributed by atoms with van der Waals surface area (Å²) in [6, 6.07) is 5.89. The third kappa shape index (κ3) is 5.88. The first-order chi connectivity index (χ1) is 13.1. The molecule has 2 rings (SSSR count). The second-order valence-corrected chi connectivity index (χ2v) is 8.72. The highest BCUT2D eigenvalue weighted by atomic mass is 16.2. The molecule has 28 heavy (non-hydrogen) atoms. The molecule has 1 unspecified atom stereocenters. The quantitative estimate of drug-likeness (QED) is 0.706. The van der Waals surface area contributed by atoms with Crippen molar-refractivity contribution in [1.82, 2.24) is 10.2 Å². The summed E-state index contributed by atoms with van der Waals surface area (Å²) in [6.07, 6.45) is 2.00. The molecule has 0 radical (unpaired) electrons. The Labute approximate surface area is 169 Å². The maximum atomic E-state index is 13.0. The molecule has 0 aromatic heterocycles. The molecule has 0 aliphatic heterocycles. The van der Waals surface area contributed by atoms with Gasteiger partial charge in [-0.25, -0.2) is 4.79 Å². The number of anilines is 2. The Morgan fingerprint density at radius 2 is 1.75 bits per heavy atom. The van der Waals surface area contributed by atoms with Crippen LogP contribution >= 0.6 is 0 Å². The molecule has 0 heterocycles. The van der Waals surface area contributed by atoms with Crippen LogP contribution in [0.5, 0.6) is 0 Å². The Morgan fingerprint density at radius 1 is 1.11 bits per heavy atom. The average molecular weight is 389 g/mol. The first-order valence-electron chi connectivity index (χ1n) is 10.3. The second kappa shape index (κ2) is 9.30. The second-order valence-electron chi connectivity index (χ2n) is 8.72. The van der Waals surface area contributed by atoms with Crippen LogP contribution in [0.3, 0.4) is 0 Å². The third-order valence-corrected chi connectivity index (χ3v) is 5.25. The number of carbonyl (C=O) groups is 2. The van der Waals surface area contributed by atoms with E-state index < -0.39 is 0 Å². The van der Waals surface area contributed by atoms with Crippen molar-refractivity contribution in [3.8, 4) is 0 Å². The van der Waals surface area contributed by atoms with Gasteiger partial charge in [-0.15, -0.1) is 0 Å². The van der Waals surface area contributed by atoms with Crippen LogP contribution in [0.25, 0.3) is 0 Å². The molecule has 6 heteroatoms. The third-order valence-electron chi connectivity index (χ3n) is 5.25. The van der Waals surface area contributed by atoms with Crippen LogP contribution in [-0.2, 0) is 11.3 Å². The summed E-state index contributed by atoms with van der Waals surface area (Å²) in [7, 11) is 3.99.